The molecule has 3 heteroatoms. The Bertz CT molecular complexity index is 3650. The first-order valence-corrected chi connectivity index (χ1v) is 24.4. The van der Waals surface area contributed by atoms with Crippen LogP contribution in [0.5, 0.6) is 0 Å². The maximum atomic E-state index is 5.66. The van der Waals surface area contributed by atoms with Crippen LogP contribution < -0.4 is 0 Å². The molecule has 0 spiro atoms. The van der Waals surface area contributed by atoms with E-state index in [1.54, 1.807) is 0 Å². The summed E-state index contributed by atoms with van der Waals surface area (Å²) in [5, 5.41) is 0. The van der Waals surface area contributed by atoms with Gasteiger partial charge in [-0.1, -0.05) is 249 Å². The monoisotopic (exact) mass is 917 g/mol. The topological polar surface area (TPSA) is 38.7 Å². The number of rotatable bonds is 11. The van der Waals surface area contributed by atoms with Crippen LogP contribution in [0.1, 0.15) is 0 Å². The van der Waals surface area contributed by atoms with Crippen molar-refractivity contribution in [1.82, 2.24) is 15.0 Å². The summed E-state index contributed by atoms with van der Waals surface area (Å²) in [4.78, 5) is 16.4. The molecule has 0 saturated heterocycles. The van der Waals surface area contributed by atoms with Gasteiger partial charge in [0.1, 0.15) is 0 Å². The molecule has 12 aromatic rings. The molecule has 0 bridgehead atoms. The van der Waals surface area contributed by atoms with Gasteiger partial charge in [0.25, 0.3) is 0 Å². The van der Waals surface area contributed by atoms with E-state index in [2.05, 4.69) is 279 Å². The summed E-state index contributed by atoms with van der Waals surface area (Å²) in [6.45, 7) is 0. The van der Waals surface area contributed by atoms with Crippen LogP contribution in [0.15, 0.2) is 285 Å². The molecule has 3 nitrogen and oxygen atoms in total. The Labute approximate surface area is 421 Å². The fourth-order valence-electron chi connectivity index (χ4n) is 9.80. The van der Waals surface area contributed by atoms with E-state index in [4.69, 9.17) is 15.0 Å². The third kappa shape index (κ3) is 8.95. The first-order valence-electron chi connectivity index (χ1n) is 24.4. The van der Waals surface area contributed by atoms with E-state index in [1.165, 1.54) is 0 Å². The molecule has 2 aromatic heterocycles. The highest BCUT2D eigenvalue weighted by molar-refractivity contribution is 6.05. The zero-order valence-corrected chi connectivity index (χ0v) is 39.5. The lowest BCUT2D eigenvalue weighted by Gasteiger charge is -2.23. The third-order valence-corrected chi connectivity index (χ3v) is 13.3. The summed E-state index contributed by atoms with van der Waals surface area (Å²) in [6.07, 6.45) is 0. The third-order valence-electron chi connectivity index (χ3n) is 13.3. The van der Waals surface area contributed by atoms with Gasteiger partial charge >= 0.3 is 0 Å². The number of aromatic nitrogens is 3. The van der Waals surface area contributed by atoms with E-state index >= 15 is 0 Å². The van der Waals surface area contributed by atoms with Crippen molar-refractivity contribution in [3.63, 3.8) is 0 Å². The number of hydrogen-bond donors (Lipinski definition) is 0. The molecule has 72 heavy (non-hydrogen) atoms. The van der Waals surface area contributed by atoms with Crippen LogP contribution in [0.2, 0.25) is 0 Å². The first kappa shape index (κ1) is 43.7. The minimum atomic E-state index is 0.655. The van der Waals surface area contributed by atoms with E-state index in [0.717, 1.165) is 117 Å². The SMILES string of the molecule is c1ccc(-c2cc(-c3ccccc3)cc(-c3cc(-c4ccccc4)nc(-c4cccc(-c5cccc(-c6c(-c7ccccc7)c(-c7ccccc7)nc(-c7ccccc7)c6-c6ccccc6)c5)c4)n3)c2)cc1. The molecule has 0 N–H and O–H groups in total. The summed E-state index contributed by atoms with van der Waals surface area (Å²) >= 11 is 0. The van der Waals surface area contributed by atoms with Gasteiger partial charge in [0.2, 0.25) is 0 Å². The minimum Gasteiger partial charge on any atom is -0.246 e. The van der Waals surface area contributed by atoms with E-state index in [-0.39, 0.29) is 0 Å². The minimum absolute atomic E-state index is 0.655. The van der Waals surface area contributed by atoms with Crippen molar-refractivity contribution < 1.29 is 0 Å². The molecule has 12 rings (SSSR count). The van der Waals surface area contributed by atoms with Crippen molar-refractivity contribution >= 4 is 0 Å². The predicted molar refractivity (Wildman–Crippen MR) is 300 cm³/mol. The summed E-state index contributed by atoms with van der Waals surface area (Å²) in [7, 11) is 0. The van der Waals surface area contributed by atoms with E-state index in [9.17, 15) is 0 Å². The molecule has 0 unspecified atom stereocenters. The molecular weight excluding hydrogens is 871 g/mol. The van der Waals surface area contributed by atoms with Gasteiger partial charge in [-0.05, 0) is 86.5 Å². The molecule has 0 aliphatic carbocycles. The second-order valence-corrected chi connectivity index (χ2v) is 17.9. The Hall–Kier alpha value is -9.57. The van der Waals surface area contributed by atoms with Crippen LogP contribution in [-0.4, -0.2) is 15.0 Å². The van der Waals surface area contributed by atoms with E-state index in [0.29, 0.717) is 5.82 Å². The Morgan fingerprint density at radius 1 is 0.167 bits per heavy atom. The Morgan fingerprint density at radius 3 is 0.917 bits per heavy atom. The highest BCUT2D eigenvalue weighted by Crippen LogP contribution is 2.49. The van der Waals surface area contributed by atoms with Gasteiger partial charge in [0.05, 0.1) is 22.8 Å². The molecule has 2 heterocycles. The van der Waals surface area contributed by atoms with Gasteiger partial charge in [-0.25, -0.2) is 15.0 Å². The quantitative estimate of drug-likeness (QED) is 0.130. The van der Waals surface area contributed by atoms with E-state index < -0.39 is 0 Å². The average Bonchev–Trinajstić information content (AvgIpc) is 3.48. The van der Waals surface area contributed by atoms with Gasteiger partial charge in [0.15, 0.2) is 5.82 Å². The van der Waals surface area contributed by atoms with Crippen molar-refractivity contribution in [2.45, 2.75) is 0 Å². The molecule has 0 fully saturated rings. The number of nitrogens with zero attached hydrogens (tertiary/aromatic N) is 3. The molecular formula is C69H47N3. The summed E-state index contributed by atoms with van der Waals surface area (Å²) in [6, 6.07) is 101. The standard InChI is InChI=1S/C69H47N3/c1-8-24-48(25-9-1)59-44-60(49-26-10-2-11-27-49)46-61(45-59)63-47-62(50-28-12-3-13-29-50)70-69(71-63)58-41-23-39-56(43-58)55-38-22-40-57(42-55)64-65(51-30-14-4-15-31-51)67(53-34-18-6-19-35-53)72-68(54-36-20-7-21-37-54)66(64)52-32-16-5-17-33-52/h1-47H. The lowest BCUT2D eigenvalue weighted by molar-refractivity contribution is 1.18. The zero-order valence-electron chi connectivity index (χ0n) is 39.5. The first-order chi connectivity index (χ1) is 35.7. The molecule has 0 aliphatic heterocycles. The maximum Gasteiger partial charge on any atom is 0.160 e. The summed E-state index contributed by atoms with van der Waals surface area (Å²) in [5.41, 5.74) is 21.9. The fraction of sp³-hybridized carbons (Fsp3) is 0. The number of pyridine rings is 1. The highest BCUT2D eigenvalue weighted by Gasteiger charge is 2.25. The van der Waals surface area contributed by atoms with Crippen LogP contribution in [0.3, 0.4) is 0 Å². The summed E-state index contributed by atoms with van der Waals surface area (Å²) in [5.74, 6) is 0.655. The average molecular weight is 918 g/mol. The number of hydrogen-bond acceptors (Lipinski definition) is 3. The number of benzene rings is 10. The van der Waals surface area contributed by atoms with Crippen LogP contribution in [0.4, 0.5) is 0 Å². The van der Waals surface area contributed by atoms with Crippen LogP contribution in [0, 0.1) is 0 Å². The van der Waals surface area contributed by atoms with Crippen LogP contribution in [-0.2, 0) is 0 Å². The second kappa shape index (κ2) is 19.8. The Kier molecular flexibility index (Phi) is 12.0. The van der Waals surface area contributed by atoms with Crippen LogP contribution >= 0.6 is 0 Å². The molecule has 0 amide bonds. The zero-order chi connectivity index (χ0) is 48.1. The highest BCUT2D eigenvalue weighted by atomic mass is 14.9. The van der Waals surface area contributed by atoms with Gasteiger partial charge < -0.3 is 0 Å². The molecule has 0 radical (unpaired) electrons. The molecule has 0 saturated carbocycles. The van der Waals surface area contributed by atoms with Crippen molar-refractivity contribution in [3.8, 4) is 123 Å². The predicted octanol–water partition coefficient (Wildman–Crippen LogP) is 18.2. The van der Waals surface area contributed by atoms with Crippen molar-refractivity contribution in [3.05, 3.63) is 285 Å². The lowest BCUT2D eigenvalue weighted by Crippen LogP contribution is -2.01. The van der Waals surface area contributed by atoms with Crippen molar-refractivity contribution in [1.29, 1.82) is 0 Å². The second-order valence-electron chi connectivity index (χ2n) is 17.9. The summed E-state index contributed by atoms with van der Waals surface area (Å²) < 4.78 is 0. The van der Waals surface area contributed by atoms with Gasteiger partial charge in [-0.15, -0.1) is 0 Å². The van der Waals surface area contributed by atoms with Crippen molar-refractivity contribution in [2.75, 3.05) is 0 Å². The Morgan fingerprint density at radius 2 is 0.472 bits per heavy atom. The van der Waals surface area contributed by atoms with Gasteiger partial charge in [-0.2, -0.15) is 0 Å². The van der Waals surface area contributed by atoms with Gasteiger partial charge in [-0.3, -0.25) is 0 Å². The molecule has 10 aromatic carbocycles. The van der Waals surface area contributed by atoms with E-state index in [1.807, 2.05) is 6.07 Å². The van der Waals surface area contributed by atoms with Gasteiger partial charge in [0, 0.05) is 44.5 Å². The fourth-order valence-corrected chi connectivity index (χ4v) is 9.80. The normalized spacial score (nSPS) is 11.1. The smallest absolute Gasteiger partial charge is 0.160 e. The molecule has 0 aliphatic rings. The molecule has 0 atom stereocenters. The Balaban J connectivity index is 1.05. The van der Waals surface area contributed by atoms with Crippen LogP contribution in [0.25, 0.3) is 123 Å². The largest absolute Gasteiger partial charge is 0.246 e. The lowest BCUT2D eigenvalue weighted by atomic mass is 9.82. The van der Waals surface area contributed by atoms with Crippen molar-refractivity contribution in [2.24, 2.45) is 0 Å². The molecule has 338 valence electrons. The maximum absolute atomic E-state index is 5.66.